The topological polar surface area (TPSA) is 118 Å². The van der Waals surface area contributed by atoms with E-state index in [0.717, 1.165) is 10.2 Å². The molecule has 4 aromatic rings. The number of nitro groups is 1. The third kappa shape index (κ3) is 5.29. The van der Waals surface area contributed by atoms with Crippen LogP contribution >= 0.6 is 15.9 Å². The summed E-state index contributed by atoms with van der Waals surface area (Å²) in [5, 5.41) is 26.1. The molecule has 0 atom stereocenters. The molecule has 9 nitrogen and oxygen atoms in total. The third-order valence-corrected chi connectivity index (χ3v) is 4.75. The van der Waals surface area contributed by atoms with Crippen LogP contribution in [0.25, 0.3) is 0 Å². The lowest BCUT2D eigenvalue weighted by atomic mass is 10.2. The molecule has 32 heavy (non-hydrogen) atoms. The maximum absolute atomic E-state index is 11.8. The van der Waals surface area contributed by atoms with Gasteiger partial charge in [-0.3, -0.25) is 10.1 Å². The maximum atomic E-state index is 11.8. The Morgan fingerprint density at radius 3 is 2.03 bits per heavy atom. The molecule has 1 heterocycles. The summed E-state index contributed by atoms with van der Waals surface area (Å²) >= 11 is 3.38. The van der Waals surface area contributed by atoms with Crippen molar-refractivity contribution in [2.45, 2.75) is 0 Å². The van der Waals surface area contributed by atoms with Crippen molar-refractivity contribution in [3.8, 4) is 0 Å². The lowest BCUT2D eigenvalue weighted by Gasteiger charge is -2.10. The quantitative estimate of drug-likeness (QED) is 0.163. The van der Waals surface area contributed by atoms with Gasteiger partial charge in [0.25, 0.3) is 0 Å². The van der Waals surface area contributed by atoms with E-state index in [9.17, 15) is 10.1 Å². The second-order valence-electron chi connectivity index (χ2n) is 6.52. The van der Waals surface area contributed by atoms with E-state index in [1.54, 1.807) is 36.4 Å². The Labute approximate surface area is 191 Å². The molecule has 0 aliphatic heterocycles. The minimum Gasteiger partial charge on any atom is -0.334 e. The third-order valence-electron chi connectivity index (χ3n) is 4.26. The fraction of sp³-hybridized carbons (Fsp3) is 0. The van der Waals surface area contributed by atoms with Crippen LogP contribution in [-0.4, -0.2) is 14.9 Å². The summed E-state index contributed by atoms with van der Waals surface area (Å²) < 4.78 is 0.835. The molecule has 0 spiro atoms. The van der Waals surface area contributed by atoms with Crippen LogP contribution in [0, 0.1) is 10.1 Å². The Morgan fingerprint density at radius 1 is 0.781 bits per heavy atom. The fourth-order valence-electron chi connectivity index (χ4n) is 2.80. The Kier molecular flexibility index (Phi) is 6.42. The predicted molar refractivity (Wildman–Crippen MR) is 126 cm³/mol. The molecule has 158 valence electrons. The molecule has 4 rings (SSSR count). The molecule has 0 fully saturated rings. The van der Waals surface area contributed by atoms with Gasteiger partial charge >= 0.3 is 5.69 Å². The van der Waals surface area contributed by atoms with Crippen molar-refractivity contribution in [3.63, 3.8) is 0 Å². The Hall–Kier alpha value is -4.18. The van der Waals surface area contributed by atoms with Crippen molar-refractivity contribution in [1.82, 2.24) is 9.97 Å². The highest BCUT2D eigenvalue weighted by Gasteiger charge is 2.23. The zero-order valence-electron chi connectivity index (χ0n) is 16.5. The van der Waals surface area contributed by atoms with E-state index in [1.165, 1.54) is 6.33 Å². The molecule has 1 aromatic heterocycles. The first kappa shape index (κ1) is 21.1. The first-order valence-electron chi connectivity index (χ1n) is 9.44. The number of nitrogens with one attached hydrogen (secondary N) is 2. The first-order valence-corrected chi connectivity index (χ1v) is 10.2. The smallest absolute Gasteiger partial charge is 0.334 e. The number of hydrogen-bond acceptors (Lipinski definition) is 8. The number of nitrogens with zero attached hydrogens (tertiary/aromatic N) is 5. The molecular formula is C22H16BrN7O2. The summed E-state index contributed by atoms with van der Waals surface area (Å²) in [4.78, 5) is 19.4. The zero-order chi connectivity index (χ0) is 22.3. The van der Waals surface area contributed by atoms with Crippen LogP contribution in [0.2, 0.25) is 0 Å². The number of benzene rings is 3. The molecular weight excluding hydrogens is 474 g/mol. The second-order valence-corrected chi connectivity index (χ2v) is 7.44. The van der Waals surface area contributed by atoms with E-state index in [0.29, 0.717) is 17.1 Å². The van der Waals surface area contributed by atoms with Crippen molar-refractivity contribution in [3.05, 3.63) is 99.8 Å². The van der Waals surface area contributed by atoms with Gasteiger partial charge in [0.15, 0.2) is 0 Å². The average Bonchev–Trinajstić information content (AvgIpc) is 2.79. The minimum atomic E-state index is -0.523. The molecule has 0 saturated heterocycles. The lowest BCUT2D eigenvalue weighted by molar-refractivity contribution is -0.383. The monoisotopic (exact) mass is 489 g/mol. The molecule has 0 radical (unpaired) electrons. The Bertz CT molecular complexity index is 1270. The van der Waals surface area contributed by atoms with Crippen LogP contribution in [0.5, 0.6) is 0 Å². The molecule has 0 unspecified atom stereocenters. The average molecular weight is 490 g/mol. The minimum absolute atomic E-state index is 0.0705. The molecule has 0 amide bonds. The summed E-state index contributed by atoms with van der Waals surface area (Å²) in [7, 11) is 0. The maximum Gasteiger partial charge on any atom is 0.353 e. The highest BCUT2D eigenvalue weighted by atomic mass is 79.9. The van der Waals surface area contributed by atoms with E-state index in [2.05, 4.69) is 46.8 Å². The number of rotatable bonds is 7. The van der Waals surface area contributed by atoms with Gasteiger partial charge in [0.05, 0.1) is 16.3 Å². The summed E-state index contributed by atoms with van der Waals surface area (Å²) in [6.07, 6.45) is 1.26. The zero-order valence-corrected chi connectivity index (χ0v) is 18.1. The van der Waals surface area contributed by atoms with Crippen molar-refractivity contribution in [2.75, 3.05) is 10.6 Å². The van der Waals surface area contributed by atoms with Gasteiger partial charge in [-0.2, -0.15) is 10.2 Å². The summed E-state index contributed by atoms with van der Waals surface area (Å²) in [5.74, 6) is 0.153. The van der Waals surface area contributed by atoms with Crippen LogP contribution in [-0.2, 0) is 0 Å². The number of hydrogen-bond donors (Lipinski definition) is 2. The van der Waals surface area contributed by atoms with Gasteiger partial charge in [-0.1, -0.05) is 40.2 Å². The van der Waals surface area contributed by atoms with Crippen molar-refractivity contribution >= 4 is 56.0 Å². The van der Waals surface area contributed by atoms with Gasteiger partial charge in [0, 0.05) is 15.8 Å². The van der Waals surface area contributed by atoms with E-state index in [-0.39, 0.29) is 17.3 Å². The van der Waals surface area contributed by atoms with Gasteiger partial charge < -0.3 is 10.6 Å². The molecule has 2 N–H and O–H groups in total. The Balaban J connectivity index is 1.55. The van der Waals surface area contributed by atoms with Crippen LogP contribution < -0.4 is 10.6 Å². The van der Waals surface area contributed by atoms with Crippen molar-refractivity contribution in [1.29, 1.82) is 0 Å². The Morgan fingerprint density at radius 2 is 1.41 bits per heavy atom. The number of halogens is 1. The van der Waals surface area contributed by atoms with Gasteiger partial charge in [0.1, 0.15) is 6.33 Å². The molecule has 0 aliphatic rings. The molecule has 0 aliphatic carbocycles. The van der Waals surface area contributed by atoms with E-state index in [1.807, 2.05) is 42.5 Å². The largest absolute Gasteiger partial charge is 0.353 e. The fourth-order valence-corrected chi connectivity index (χ4v) is 3.20. The second kappa shape index (κ2) is 9.75. The summed E-state index contributed by atoms with van der Waals surface area (Å²) in [5.41, 5.74) is 2.39. The van der Waals surface area contributed by atoms with Crippen molar-refractivity contribution in [2.24, 2.45) is 10.2 Å². The predicted octanol–water partition coefficient (Wildman–Crippen LogP) is 7.05. The van der Waals surface area contributed by atoms with Crippen LogP contribution in [0.15, 0.2) is 99.9 Å². The summed E-state index contributed by atoms with van der Waals surface area (Å²) in [6.45, 7) is 0. The molecule has 3 aromatic carbocycles. The highest BCUT2D eigenvalue weighted by molar-refractivity contribution is 9.10. The molecule has 0 bridgehead atoms. The lowest BCUT2D eigenvalue weighted by Crippen LogP contribution is -2.05. The number of azo groups is 1. The molecule has 0 saturated carbocycles. The van der Waals surface area contributed by atoms with E-state index >= 15 is 0 Å². The van der Waals surface area contributed by atoms with Crippen LogP contribution in [0.1, 0.15) is 0 Å². The van der Waals surface area contributed by atoms with Crippen LogP contribution in [0.4, 0.5) is 40.1 Å². The number of anilines is 4. The van der Waals surface area contributed by atoms with E-state index < -0.39 is 4.92 Å². The SMILES string of the molecule is O=[N+]([O-])c1c(Nc2ccc(N=Nc3ccccc3)cc2)ncnc1Nc1cccc(Br)c1. The van der Waals surface area contributed by atoms with Gasteiger partial charge in [-0.15, -0.1) is 0 Å². The van der Waals surface area contributed by atoms with Gasteiger partial charge in [-0.05, 0) is 54.6 Å². The van der Waals surface area contributed by atoms with Gasteiger partial charge in [-0.25, -0.2) is 9.97 Å². The van der Waals surface area contributed by atoms with Crippen molar-refractivity contribution < 1.29 is 4.92 Å². The standard InChI is InChI=1S/C22H16BrN7O2/c23-15-5-4-8-19(13-15)27-22-20(30(31)32)21(24-14-25-22)26-16-9-11-18(12-10-16)29-28-17-6-2-1-3-7-17/h1-14H,(H2,24,25,26,27). The highest BCUT2D eigenvalue weighted by Crippen LogP contribution is 2.33. The van der Waals surface area contributed by atoms with E-state index in [4.69, 9.17) is 0 Å². The van der Waals surface area contributed by atoms with Crippen LogP contribution in [0.3, 0.4) is 0 Å². The first-order chi connectivity index (χ1) is 15.6. The summed E-state index contributed by atoms with van der Waals surface area (Å²) in [6, 6.07) is 23.6. The normalized spacial score (nSPS) is 10.8. The number of aromatic nitrogens is 2. The van der Waals surface area contributed by atoms with Gasteiger partial charge in [0.2, 0.25) is 11.6 Å². The molecule has 10 heteroatoms.